The van der Waals surface area contributed by atoms with E-state index in [2.05, 4.69) is 30.4 Å². The molecule has 3 N–H and O–H groups in total. The summed E-state index contributed by atoms with van der Waals surface area (Å²) < 4.78 is 0. The molecule has 0 aliphatic heterocycles. The van der Waals surface area contributed by atoms with Crippen molar-refractivity contribution in [2.45, 2.75) is 6.42 Å². The molecule has 3 rings (SSSR count). The second-order valence-corrected chi connectivity index (χ2v) is 5.83. The van der Waals surface area contributed by atoms with Crippen molar-refractivity contribution in [2.75, 3.05) is 38.2 Å². The standard InChI is InChI=1S/C18H22N4.2ClH/c1-22(2)12-6-11-20-18-13-7-3-4-9-15(13)21-16-10-5-8-14(19)17(16)18;;/h3-5,7-10H,6,11-12,19H2,1-2H3,(H,20,21);2*1H. The van der Waals surface area contributed by atoms with Crippen molar-refractivity contribution < 1.29 is 0 Å². The highest BCUT2D eigenvalue weighted by Gasteiger charge is 2.10. The predicted octanol–water partition coefficient (Wildman–Crippen LogP) is 4.18. The molecule has 2 aromatic carbocycles. The lowest BCUT2D eigenvalue weighted by molar-refractivity contribution is 0.405. The molecule has 0 aliphatic rings. The minimum Gasteiger partial charge on any atom is -0.398 e. The Morgan fingerprint density at radius 3 is 2.46 bits per heavy atom. The molecule has 4 nitrogen and oxygen atoms in total. The van der Waals surface area contributed by atoms with Crippen LogP contribution >= 0.6 is 24.8 Å². The van der Waals surface area contributed by atoms with Crippen LogP contribution in [0.3, 0.4) is 0 Å². The molecule has 1 heterocycles. The molecule has 0 fully saturated rings. The molecule has 6 heteroatoms. The number of fused-ring (bicyclic) bond motifs is 2. The summed E-state index contributed by atoms with van der Waals surface area (Å²) in [6.45, 7) is 1.97. The van der Waals surface area contributed by atoms with Crippen molar-refractivity contribution in [1.29, 1.82) is 0 Å². The summed E-state index contributed by atoms with van der Waals surface area (Å²) >= 11 is 0. The number of rotatable bonds is 5. The Morgan fingerprint density at radius 2 is 1.71 bits per heavy atom. The quantitative estimate of drug-likeness (QED) is 0.404. The van der Waals surface area contributed by atoms with Crippen LogP contribution in [0.15, 0.2) is 42.5 Å². The molecular weight excluding hydrogens is 343 g/mol. The van der Waals surface area contributed by atoms with Gasteiger partial charge >= 0.3 is 0 Å². The topological polar surface area (TPSA) is 54.2 Å². The number of aromatic nitrogens is 1. The molecular formula is C18H24Cl2N4. The summed E-state index contributed by atoms with van der Waals surface area (Å²) in [5, 5.41) is 5.72. The normalized spacial score (nSPS) is 10.5. The van der Waals surface area contributed by atoms with Crippen molar-refractivity contribution in [3.8, 4) is 0 Å². The van der Waals surface area contributed by atoms with Gasteiger partial charge in [-0.2, -0.15) is 0 Å². The van der Waals surface area contributed by atoms with Gasteiger partial charge in [0.05, 0.1) is 16.7 Å². The van der Waals surface area contributed by atoms with Gasteiger partial charge in [-0.25, -0.2) is 4.98 Å². The summed E-state index contributed by atoms with van der Waals surface area (Å²) in [4.78, 5) is 6.92. The van der Waals surface area contributed by atoms with E-state index in [0.717, 1.165) is 52.7 Å². The Morgan fingerprint density at radius 1 is 1.00 bits per heavy atom. The third kappa shape index (κ3) is 4.20. The number of nitrogens with two attached hydrogens (primary N) is 1. The average Bonchev–Trinajstić information content (AvgIpc) is 2.50. The first-order chi connectivity index (χ1) is 10.7. The van der Waals surface area contributed by atoms with Gasteiger partial charge in [0, 0.05) is 23.0 Å². The van der Waals surface area contributed by atoms with E-state index in [9.17, 15) is 0 Å². The molecule has 0 saturated heterocycles. The van der Waals surface area contributed by atoms with Crippen LogP contribution in [0.5, 0.6) is 0 Å². The fraction of sp³-hybridized carbons (Fsp3) is 0.278. The first kappa shape index (κ1) is 20.3. The van der Waals surface area contributed by atoms with Crippen molar-refractivity contribution in [3.63, 3.8) is 0 Å². The van der Waals surface area contributed by atoms with Crippen LogP contribution in [-0.4, -0.2) is 37.1 Å². The summed E-state index contributed by atoms with van der Waals surface area (Å²) in [5.41, 5.74) is 10.0. The monoisotopic (exact) mass is 366 g/mol. The van der Waals surface area contributed by atoms with E-state index in [1.54, 1.807) is 0 Å². The maximum Gasteiger partial charge on any atom is 0.0751 e. The zero-order valence-electron chi connectivity index (χ0n) is 14.0. The lowest BCUT2D eigenvalue weighted by Gasteiger charge is -2.15. The van der Waals surface area contributed by atoms with Crippen LogP contribution in [0, 0.1) is 0 Å². The summed E-state index contributed by atoms with van der Waals surface area (Å²) in [6, 6.07) is 14.1. The molecule has 0 bridgehead atoms. The van der Waals surface area contributed by atoms with E-state index in [4.69, 9.17) is 10.7 Å². The molecule has 0 atom stereocenters. The van der Waals surface area contributed by atoms with Crippen LogP contribution in [0.4, 0.5) is 11.4 Å². The molecule has 3 aromatic rings. The van der Waals surface area contributed by atoms with Crippen molar-refractivity contribution in [1.82, 2.24) is 9.88 Å². The minimum absolute atomic E-state index is 0. The highest BCUT2D eigenvalue weighted by Crippen LogP contribution is 2.34. The third-order valence-electron chi connectivity index (χ3n) is 3.82. The number of hydrogen-bond donors (Lipinski definition) is 2. The van der Waals surface area contributed by atoms with E-state index in [0.29, 0.717) is 0 Å². The number of para-hydroxylation sites is 1. The largest absolute Gasteiger partial charge is 0.398 e. The fourth-order valence-corrected chi connectivity index (χ4v) is 2.76. The van der Waals surface area contributed by atoms with Crippen LogP contribution in [0.1, 0.15) is 6.42 Å². The Balaban J connectivity index is 0.00000144. The van der Waals surface area contributed by atoms with Gasteiger partial charge < -0.3 is 16.0 Å². The molecule has 1 aromatic heterocycles. The molecule has 0 saturated carbocycles. The van der Waals surface area contributed by atoms with Crippen LogP contribution in [-0.2, 0) is 0 Å². The molecule has 0 unspecified atom stereocenters. The summed E-state index contributed by atoms with van der Waals surface area (Å²) in [7, 11) is 4.18. The van der Waals surface area contributed by atoms with E-state index >= 15 is 0 Å². The summed E-state index contributed by atoms with van der Waals surface area (Å²) in [5.74, 6) is 0. The van der Waals surface area contributed by atoms with Crippen molar-refractivity contribution in [3.05, 3.63) is 42.5 Å². The maximum absolute atomic E-state index is 6.21. The van der Waals surface area contributed by atoms with E-state index in [1.807, 2.05) is 36.4 Å². The van der Waals surface area contributed by atoms with E-state index < -0.39 is 0 Å². The Labute approximate surface area is 155 Å². The second-order valence-electron chi connectivity index (χ2n) is 5.83. The predicted molar refractivity (Wildman–Crippen MR) is 110 cm³/mol. The molecule has 0 aliphatic carbocycles. The highest BCUT2D eigenvalue weighted by molar-refractivity contribution is 6.11. The number of anilines is 2. The van der Waals surface area contributed by atoms with E-state index in [-0.39, 0.29) is 24.8 Å². The fourth-order valence-electron chi connectivity index (χ4n) is 2.76. The molecule has 0 radical (unpaired) electrons. The van der Waals surface area contributed by atoms with Crippen LogP contribution in [0.25, 0.3) is 21.8 Å². The van der Waals surface area contributed by atoms with Crippen molar-refractivity contribution in [2.24, 2.45) is 0 Å². The SMILES string of the molecule is CN(C)CCCNc1c2ccccc2nc2cccc(N)c12.Cl.Cl. The van der Waals surface area contributed by atoms with Gasteiger partial charge in [0.2, 0.25) is 0 Å². The van der Waals surface area contributed by atoms with Gasteiger partial charge in [-0.1, -0.05) is 24.3 Å². The maximum atomic E-state index is 6.21. The van der Waals surface area contributed by atoms with Gasteiger partial charge in [0.1, 0.15) is 0 Å². The second kappa shape index (κ2) is 8.92. The van der Waals surface area contributed by atoms with Gasteiger partial charge in [-0.05, 0) is 45.3 Å². The first-order valence-corrected chi connectivity index (χ1v) is 7.62. The number of halogens is 2. The zero-order chi connectivity index (χ0) is 15.5. The number of nitrogen functional groups attached to an aromatic ring is 1. The van der Waals surface area contributed by atoms with Gasteiger partial charge in [-0.3, -0.25) is 0 Å². The molecule has 0 spiro atoms. The van der Waals surface area contributed by atoms with Gasteiger partial charge in [-0.15, -0.1) is 24.8 Å². The van der Waals surface area contributed by atoms with E-state index in [1.165, 1.54) is 0 Å². The Bertz CT molecular complexity index is 805. The lowest BCUT2D eigenvalue weighted by atomic mass is 10.1. The molecule has 0 amide bonds. The summed E-state index contributed by atoms with van der Waals surface area (Å²) in [6.07, 6.45) is 1.08. The Kier molecular flexibility index (Phi) is 7.55. The third-order valence-corrected chi connectivity index (χ3v) is 3.82. The zero-order valence-corrected chi connectivity index (χ0v) is 15.6. The van der Waals surface area contributed by atoms with Gasteiger partial charge in [0.15, 0.2) is 0 Å². The number of nitrogens with zero attached hydrogens (tertiary/aromatic N) is 2. The highest BCUT2D eigenvalue weighted by atomic mass is 35.5. The average molecular weight is 367 g/mol. The molecule has 130 valence electrons. The smallest absolute Gasteiger partial charge is 0.0751 e. The number of benzene rings is 2. The van der Waals surface area contributed by atoms with Gasteiger partial charge in [0.25, 0.3) is 0 Å². The number of pyridine rings is 1. The van der Waals surface area contributed by atoms with Crippen LogP contribution < -0.4 is 11.1 Å². The number of nitrogens with one attached hydrogen (secondary N) is 1. The lowest BCUT2D eigenvalue weighted by Crippen LogP contribution is -2.16. The number of hydrogen-bond acceptors (Lipinski definition) is 4. The Hall–Kier alpha value is -1.75. The van der Waals surface area contributed by atoms with Crippen LogP contribution in [0.2, 0.25) is 0 Å². The van der Waals surface area contributed by atoms with Crippen molar-refractivity contribution >= 4 is 58.0 Å². The minimum atomic E-state index is 0. The first-order valence-electron chi connectivity index (χ1n) is 7.62. The molecule has 24 heavy (non-hydrogen) atoms.